The second-order valence-corrected chi connectivity index (χ2v) is 5.88. The fraction of sp³-hybridized carbons (Fsp3) is 0.429. The van der Waals surface area contributed by atoms with E-state index in [1.165, 1.54) is 11.5 Å². The minimum atomic E-state index is 0.180. The van der Waals surface area contributed by atoms with Crippen molar-refractivity contribution in [3.05, 3.63) is 35.9 Å². The van der Waals surface area contributed by atoms with Crippen molar-refractivity contribution in [1.29, 1.82) is 5.41 Å². The van der Waals surface area contributed by atoms with E-state index in [4.69, 9.17) is 11.1 Å². The first-order valence-corrected chi connectivity index (χ1v) is 7.64. The first kappa shape index (κ1) is 15.4. The van der Waals surface area contributed by atoms with E-state index >= 15 is 0 Å². The van der Waals surface area contributed by atoms with Crippen LogP contribution in [0, 0.1) is 5.41 Å². The molecule has 0 aliphatic heterocycles. The first-order valence-electron chi connectivity index (χ1n) is 6.86. The molecule has 2 aromatic heterocycles. The lowest BCUT2D eigenvalue weighted by molar-refractivity contribution is 0.767. The van der Waals surface area contributed by atoms with E-state index in [9.17, 15) is 0 Å². The van der Waals surface area contributed by atoms with Crippen LogP contribution in [0.5, 0.6) is 0 Å². The van der Waals surface area contributed by atoms with Crippen molar-refractivity contribution < 1.29 is 0 Å². The van der Waals surface area contributed by atoms with Gasteiger partial charge in [0.25, 0.3) is 0 Å². The molecule has 0 saturated carbocycles. The molecule has 0 bridgehead atoms. The largest absolute Gasteiger partial charge is 0.388 e. The molecule has 2 aromatic rings. The molecule has 2 rings (SSSR count). The maximum absolute atomic E-state index is 7.41. The van der Waals surface area contributed by atoms with Crippen LogP contribution in [0.25, 0.3) is 0 Å². The van der Waals surface area contributed by atoms with Crippen LogP contribution in [0.2, 0.25) is 0 Å². The average molecular weight is 304 g/mol. The van der Waals surface area contributed by atoms with E-state index in [1.807, 2.05) is 18.3 Å². The molecular weight excluding hydrogens is 284 g/mol. The number of rotatable bonds is 7. The van der Waals surface area contributed by atoms with Gasteiger partial charge in [-0.15, -0.1) is 0 Å². The molecule has 0 radical (unpaired) electrons. The zero-order valence-corrected chi connectivity index (χ0v) is 13.1. The fourth-order valence-electron chi connectivity index (χ4n) is 1.80. The van der Waals surface area contributed by atoms with Crippen molar-refractivity contribution >= 4 is 22.5 Å². The SMILES string of the molecule is CC(C)c1nsc(N(CCC(=N)N)Cc2cccnc2)n1. The van der Waals surface area contributed by atoms with Gasteiger partial charge in [0.1, 0.15) is 5.82 Å². The zero-order valence-electron chi connectivity index (χ0n) is 12.3. The van der Waals surface area contributed by atoms with Crippen LogP contribution in [-0.2, 0) is 6.54 Å². The molecule has 0 aliphatic rings. The molecule has 0 spiro atoms. The van der Waals surface area contributed by atoms with Crippen molar-refractivity contribution in [2.75, 3.05) is 11.4 Å². The molecule has 0 amide bonds. The monoisotopic (exact) mass is 304 g/mol. The van der Waals surface area contributed by atoms with Crippen LogP contribution in [0.4, 0.5) is 5.13 Å². The molecule has 0 atom stereocenters. The maximum atomic E-state index is 7.41. The highest BCUT2D eigenvalue weighted by molar-refractivity contribution is 7.09. The molecule has 112 valence electrons. The predicted molar refractivity (Wildman–Crippen MR) is 85.8 cm³/mol. The summed E-state index contributed by atoms with van der Waals surface area (Å²) in [5, 5.41) is 8.27. The van der Waals surface area contributed by atoms with Gasteiger partial charge in [-0.3, -0.25) is 10.4 Å². The van der Waals surface area contributed by atoms with Crippen molar-refractivity contribution in [2.45, 2.75) is 32.7 Å². The Morgan fingerprint density at radius 2 is 2.29 bits per heavy atom. The lowest BCUT2D eigenvalue weighted by Crippen LogP contribution is -2.27. The third kappa shape index (κ3) is 4.49. The van der Waals surface area contributed by atoms with Crippen molar-refractivity contribution in [2.24, 2.45) is 5.73 Å². The Hall–Kier alpha value is -2.02. The number of anilines is 1. The fourth-order valence-corrected chi connectivity index (χ4v) is 2.63. The Morgan fingerprint density at radius 3 is 2.86 bits per heavy atom. The molecule has 0 saturated heterocycles. The van der Waals surface area contributed by atoms with Gasteiger partial charge in [0.15, 0.2) is 0 Å². The maximum Gasteiger partial charge on any atom is 0.205 e. The Morgan fingerprint density at radius 1 is 1.48 bits per heavy atom. The summed E-state index contributed by atoms with van der Waals surface area (Å²) in [5.74, 6) is 1.34. The summed E-state index contributed by atoms with van der Waals surface area (Å²) in [7, 11) is 0. The lowest BCUT2D eigenvalue weighted by atomic mass is 10.2. The highest BCUT2D eigenvalue weighted by atomic mass is 32.1. The minimum Gasteiger partial charge on any atom is -0.388 e. The Bertz CT molecular complexity index is 580. The highest BCUT2D eigenvalue weighted by Gasteiger charge is 2.15. The van der Waals surface area contributed by atoms with Crippen LogP contribution >= 0.6 is 11.5 Å². The summed E-state index contributed by atoms with van der Waals surface area (Å²) in [6.07, 6.45) is 4.10. The second kappa shape index (κ2) is 7.12. The number of nitrogens with one attached hydrogen (secondary N) is 1. The number of hydrogen-bond donors (Lipinski definition) is 2. The van der Waals surface area contributed by atoms with Gasteiger partial charge in [0, 0.05) is 49.4 Å². The molecule has 0 aliphatic carbocycles. The van der Waals surface area contributed by atoms with Crippen LogP contribution in [0.1, 0.15) is 37.6 Å². The van der Waals surface area contributed by atoms with Gasteiger partial charge in [-0.1, -0.05) is 19.9 Å². The summed E-state index contributed by atoms with van der Waals surface area (Å²) in [5.41, 5.74) is 6.58. The number of amidine groups is 1. The molecular formula is C14H20N6S. The molecule has 7 heteroatoms. The van der Waals surface area contributed by atoms with E-state index in [1.54, 1.807) is 6.20 Å². The first-order chi connectivity index (χ1) is 10.1. The van der Waals surface area contributed by atoms with Gasteiger partial charge in [-0.05, 0) is 11.6 Å². The molecule has 0 aromatic carbocycles. The van der Waals surface area contributed by atoms with Crippen molar-refractivity contribution in [1.82, 2.24) is 14.3 Å². The van der Waals surface area contributed by atoms with Crippen molar-refractivity contribution in [3.63, 3.8) is 0 Å². The Kier molecular flexibility index (Phi) is 5.21. The molecule has 21 heavy (non-hydrogen) atoms. The standard InChI is InChI=1S/C14H20N6S/c1-10(2)13-18-14(21-19-13)20(7-5-12(15)16)9-11-4-3-6-17-8-11/h3-4,6,8,10H,5,7,9H2,1-2H3,(H3,15,16). The Labute approximate surface area is 128 Å². The Balaban J connectivity index is 2.16. The van der Waals surface area contributed by atoms with Crippen LogP contribution in [0.3, 0.4) is 0 Å². The molecule has 3 N–H and O–H groups in total. The number of aromatic nitrogens is 3. The number of nitrogens with zero attached hydrogens (tertiary/aromatic N) is 4. The van der Waals surface area contributed by atoms with Crippen LogP contribution in [0.15, 0.2) is 24.5 Å². The number of hydrogen-bond acceptors (Lipinski definition) is 6. The smallest absolute Gasteiger partial charge is 0.205 e. The average Bonchev–Trinajstić information content (AvgIpc) is 2.94. The quantitative estimate of drug-likeness (QED) is 0.605. The van der Waals surface area contributed by atoms with Crippen LogP contribution < -0.4 is 10.6 Å². The highest BCUT2D eigenvalue weighted by Crippen LogP contribution is 2.23. The van der Waals surface area contributed by atoms with Crippen LogP contribution in [-0.4, -0.2) is 26.7 Å². The minimum absolute atomic E-state index is 0.180. The number of nitrogens with two attached hydrogens (primary N) is 1. The molecule has 2 heterocycles. The van der Waals surface area contributed by atoms with E-state index in [-0.39, 0.29) is 5.84 Å². The van der Waals surface area contributed by atoms with Gasteiger partial charge in [-0.2, -0.15) is 4.37 Å². The number of pyridine rings is 1. The molecule has 0 unspecified atom stereocenters. The topological polar surface area (TPSA) is 91.8 Å². The van der Waals surface area contributed by atoms with E-state index in [0.29, 0.717) is 25.4 Å². The van der Waals surface area contributed by atoms with Gasteiger partial charge < -0.3 is 10.6 Å². The van der Waals surface area contributed by atoms with Gasteiger partial charge in [-0.25, -0.2) is 4.98 Å². The zero-order chi connectivity index (χ0) is 15.2. The summed E-state index contributed by atoms with van der Waals surface area (Å²) >= 11 is 1.39. The molecule has 0 fully saturated rings. The molecule has 6 nitrogen and oxygen atoms in total. The third-order valence-corrected chi connectivity index (χ3v) is 3.76. The summed E-state index contributed by atoms with van der Waals surface area (Å²) in [6.45, 7) is 5.49. The van der Waals surface area contributed by atoms with Gasteiger partial charge >= 0.3 is 0 Å². The van der Waals surface area contributed by atoms with Gasteiger partial charge in [0.2, 0.25) is 5.13 Å². The van der Waals surface area contributed by atoms with Gasteiger partial charge in [0.05, 0.1) is 5.84 Å². The predicted octanol–water partition coefficient (Wildman–Crippen LogP) is 2.39. The lowest BCUT2D eigenvalue weighted by Gasteiger charge is -2.21. The summed E-state index contributed by atoms with van der Waals surface area (Å²) in [6, 6.07) is 3.94. The summed E-state index contributed by atoms with van der Waals surface area (Å²) in [4.78, 5) is 10.8. The third-order valence-electron chi connectivity index (χ3n) is 2.97. The second-order valence-electron chi connectivity index (χ2n) is 5.15. The van der Waals surface area contributed by atoms with E-state index in [2.05, 4.69) is 33.1 Å². The normalized spacial score (nSPS) is 10.8. The van der Waals surface area contributed by atoms with E-state index in [0.717, 1.165) is 16.5 Å². The van der Waals surface area contributed by atoms with E-state index < -0.39 is 0 Å². The summed E-state index contributed by atoms with van der Waals surface area (Å²) < 4.78 is 4.39. The van der Waals surface area contributed by atoms with Crippen molar-refractivity contribution in [3.8, 4) is 0 Å².